The van der Waals surface area contributed by atoms with Crippen LogP contribution in [0.1, 0.15) is 14.5 Å². The van der Waals surface area contributed by atoms with Crippen LogP contribution in [0.3, 0.4) is 0 Å². The Morgan fingerprint density at radius 1 is 1.33 bits per heavy atom. The first-order valence-electron chi connectivity index (χ1n) is 6.40. The molecule has 0 saturated carbocycles. The number of thiophene rings is 1. The Labute approximate surface area is 113 Å². The Bertz CT molecular complexity index is 397. The normalized spacial score (nSPS) is 17.9. The zero-order valence-electron chi connectivity index (χ0n) is 11.1. The van der Waals surface area contributed by atoms with E-state index in [0.717, 1.165) is 44.1 Å². The predicted molar refractivity (Wildman–Crippen MR) is 75.3 cm³/mol. The fraction of sp³-hybridized carbons (Fsp3) is 0.615. The molecule has 0 radical (unpaired) electrons. The Morgan fingerprint density at radius 3 is 2.67 bits per heavy atom. The highest BCUT2D eigenvalue weighted by molar-refractivity contribution is 7.13. The fourth-order valence-electron chi connectivity index (χ4n) is 2.04. The van der Waals surface area contributed by atoms with E-state index < -0.39 is 0 Å². The number of piperazine rings is 1. The van der Waals surface area contributed by atoms with E-state index in [-0.39, 0.29) is 5.91 Å². The van der Waals surface area contributed by atoms with Crippen molar-refractivity contribution in [1.29, 1.82) is 0 Å². The van der Waals surface area contributed by atoms with Crippen LogP contribution in [-0.2, 0) is 0 Å². The van der Waals surface area contributed by atoms with Crippen LogP contribution in [0.5, 0.6) is 0 Å². The van der Waals surface area contributed by atoms with Crippen molar-refractivity contribution in [1.82, 2.24) is 15.1 Å². The molecule has 2 rings (SSSR count). The number of aryl methyl sites for hydroxylation is 1. The largest absolute Gasteiger partial charge is 0.350 e. The third kappa shape index (κ3) is 3.80. The Balaban J connectivity index is 1.67. The van der Waals surface area contributed by atoms with Crippen LogP contribution in [0.4, 0.5) is 0 Å². The van der Waals surface area contributed by atoms with Gasteiger partial charge in [0.05, 0.1) is 4.88 Å². The minimum Gasteiger partial charge on any atom is -0.350 e. The summed E-state index contributed by atoms with van der Waals surface area (Å²) in [5.41, 5.74) is 0. The average Bonchev–Trinajstić information content (AvgIpc) is 2.78. The van der Waals surface area contributed by atoms with Gasteiger partial charge in [-0.3, -0.25) is 9.69 Å². The van der Waals surface area contributed by atoms with Crippen LogP contribution in [0.2, 0.25) is 0 Å². The Hall–Kier alpha value is -0.910. The Morgan fingerprint density at radius 2 is 2.06 bits per heavy atom. The molecule has 1 aromatic heterocycles. The summed E-state index contributed by atoms with van der Waals surface area (Å²) in [7, 11) is 2.15. The molecule has 1 amide bonds. The van der Waals surface area contributed by atoms with Gasteiger partial charge in [-0.05, 0) is 26.1 Å². The number of carbonyl (C=O) groups is 1. The zero-order chi connectivity index (χ0) is 13.0. The van der Waals surface area contributed by atoms with Gasteiger partial charge in [0.25, 0.3) is 5.91 Å². The summed E-state index contributed by atoms with van der Waals surface area (Å²) in [4.78, 5) is 18.6. The SMILES string of the molecule is Cc1ccc(C(=O)NCCN2CCN(C)CC2)s1. The van der Waals surface area contributed by atoms with E-state index in [1.54, 1.807) is 11.3 Å². The van der Waals surface area contributed by atoms with E-state index >= 15 is 0 Å². The minimum absolute atomic E-state index is 0.0576. The van der Waals surface area contributed by atoms with Gasteiger partial charge >= 0.3 is 0 Å². The highest BCUT2D eigenvalue weighted by Gasteiger charge is 2.13. The summed E-state index contributed by atoms with van der Waals surface area (Å²) >= 11 is 1.55. The average molecular weight is 267 g/mol. The van der Waals surface area contributed by atoms with Crippen molar-refractivity contribution in [3.05, 3.63) is 21.9 Å². The van der Waals surface area contributed by atoms with Gasteiger partial charge in [-0.2, -0.15) is 0 Å². The van der Waals surface area contributed by atoms with Gasteiger partial charge in [-0.25, -0.2) is 0 Å². The molecule has 1 aromatic rings. The molecule has 100 valence electrons. The number of amides is 1. The molecular weight excluding hydrogens is 246 g/mol. The maximum Gasteiger partial charge on any atom is 0.261 e. The standard InChI is InChI=1S/C13H21N3OS/c1-11-3-4-12(18-11)13(17)14-5-6-16-9-7-15(2)8-10-16/h3-4H,5-10H2,1-2H3,(H,14,17). The first kappa shape index (κ1) is 13.5. The first-order chi connectivity index (χ1) is 8.65. The van der Waals surface area contributed by atoms with Gasteiger partial charge < -0.3 is 10.2 Å². The van der Waals surface area contributed by atoms with Crippen LogP contribution in [0.15, 0.2) is 12.1 Å². The summed E-state index contributed by atoms with van der Waals surface area (Å²) in [5, 5.41) is 2.99. The van der Waals surface area contributed by atoms with Crippen molar-refractivity contribution in [2.75, 3.05) is 46.3 Å². The molecule has 0 spiro atoms. The maximum atomic E-state index is 11.8. The topological polar surface area (TPSA) is 35.6 Å². The molecule has 1 fully saturated rings. The van der Waals surface area contributed by atoms with Crippen molar-refractivity contribution in [3.63, 3.8) is 0 Å². The van der Waals surface area contributed by atoms with Crippen LogP contribution in [0, 0.1) is 6.92 Å². The second kappa shape index (κ2) is 6.31. The van der Waals surface area contributed by atoms with Gasteiger partial charge in [0, 0.05) is 44.1 Å². The van der Waals surface area contributed by atoms with E-state index in [1.165, 1.54) is 4.88 Å². The molecule has 5 heteroatoms. The molecule has 1 aliphatic rings. The molecule has 0 aromatic carbocycles. The third-order valence-corrected chi connectivity index (χ3v) is 4.27. The van der Waals surface area contributed by atoms with Gasteiger partial charge in [-0.1, -0.05) is 0 Å². The van der Waals surface area contributed by atoms with Gasteiger partial charge in [-0.15, -0.1) is 11.3 Å². The quantitative estimate of drug-likeness (QED) is 0.885. The molecule has 18 heavy (non-hydrogen) atoms. The number of nitrogens with zero attached hydrogens (tertiary/aromatic N) is 2. The number of nitrogens with one attached hydrogen (secondary N) is 1. The molecule has 0 unspecified atom stereocenters. The lowest BCUT2D eigenvalue weighted by molar-refractivity contribution is 0.0945. The molecule has 1 N–H and O–H groups in total. The van der Waals surface area contributed by atoms with Crippen molar-refractivity contribution >= 4 is 17.2 Å². The molecule has 1 saturated heterocycles. The first-order valence-corrected chi connectivity index (χ1v) is 7.22. The summed E-state index contributed by atoms with van der Waals surface area (Å²) in [5.74, 6) is 0.0576. The summed E-state index contributed by atoms with van der Waals surface area (Å²) in [6.07, 6.45) is 0. The maximum absolute atomic E-state index is 11.8. The number of hydrogen-bond donors (Lipinski definition) is 1. The molecule has 0 aliphatic carbocycles. The third-order valence-electron chi connectivity index (χ3n) is 3.27. The lowest BCUT2D eigenvalue weighted by atomic mass is 10.3. The van der Waals surface area contributed by atoms with Gasteiger partial charge in [0.1, 0.15) is 0 Å². The van der Waals surface area contributed by atoms with E-state index in [4.69, 9.17) is 0 Å². The molecule has 0 atom stereocenters. The number of hydrogen-bond acceptors (Lipinski definition) is 4. The van der Waals surface area contributed by atoms with Crippen LogP contribution in [0.25, 0.3) is 0 Å². The zero-order valence-corrected chi connectivity index (χ0v) is 11.9. The van der Waals surface area contributed by atoms with E-state index in [2.05, 4.69) is 22.2 Å². The van der Waals surface area contributed by atoms with E-state index in [1.807, 2.05) is 19.1 Å². The fourth-order valence-corrected chi connectivity index (χ4v) is 2.83. The number of likely N-dealkylation sites (N-methyl/N-ethyl adjacent to an activating group) is 1. The minimum atomic E-state index is 0.0576. The van der Waals surface area contributed by atoms with E-state index in [9.17, 15) is 4.79 Å². The second-order valence-corrected chi connectivity index (χ2v) is 6.10. The number of carbonyl (C=O) groups excluding carboxylic acids is 1. The van der Waals surface area contributed by atoms with Gasteiger partial charge in [0.2, 0.25) is 0 Å². The van der Waals surface area contributed by atoms with Crippen LogP contribution in [-0.4, -0.2) is 62.0 Å². The predicted octanol–water partition coefficient (Wildman–Crippen LogP) is 1.03. The summed E-state index contributed by atoms with van der Waals surface area (Å²) in [6.45, 7) is 8.15. The second-order valence-electron chi connectivity index (χ2n) is 4.81. The van der Waals surface area contributed by atoms with Crippen molar-refractivity contribution in [2.24, 2.45) is 0 Å². The van der Waals surface area contributed by atoms with Gasteiger partial charge in [0.15, 0.2) is 0 Å². The number of rotatable bonds is 4. The summed E-state index contributed by atoms with van der Waals surface area (Å²) in [6, 6.07) is 3.88. The summed E-state index contributed by atoms with van der Waals surface area (Å²) < 4.78 is 0. The smallest absolute Gasteiger partial charge is 0.261 e. The molecular formula is C13H21N3OS. The molecule has 0 bridgehead atoms. The van der Waals surface area contributed by atoms with Crippen molar-refractivity contribution in [2.45, 2.75) is 6.92 Å². The Kier molecular flexibility index (Phi) is 4.74. The van der Waals surface area contributed by atoms with E-state index in [0.29, 0.717) is 0 Å². The van der Waals surface area contributed by atoms with Crippen LogP contribution >= 0.6 is 11.3 Å². The monoisotopic (exact) mass is 267 g/mol. The highest BCUT2D eigenvalue weighted by Crippen LogP contribution is 2.14. The van der Waals surface area contributed by atoms with Crippen molar-refractivity contribution < 1.29 is 4.79 Å². The molecule has 4 nitrogen and oxygen atoms in total. The van der Waals surface area contributed by atoms with Crippen LogP contribution < -0.4 is 5.32 Å². The molecule has 1 aliphatic heterocycles. The van der Waals surface area contributed by atoms with Crippen molar-refractivity contribution in [3.8, 4) is 0 Å². The highest BCUT2D eigenvalue weighted by atomic mass is 32.1. The lowest BCUT2D eigenvalue weighted by Gasteiger charge is -2.32. The molecule has 2 heterocycles. The lowest BCUT2D eigenvalue weighted by Crippen LogP contribution is -2.46.